The highest BCUT2D eigenvalue weighted by atomic mass is 35.5. The van der Waals surface area contributed by atoms with Crippen LogP contribution in [0.25, 0.3) is 0 Å². The lowest BCUT2D eigenvalue weighted by molar-refractivity contribution is -0.384. The van der Waals surface area contributed by atoms with Crippen LogP contribution in [0.1, 0.15) is 42.5 Å². The summed E-state index contributed by atoms with van der Waals surface area (Å²) in [5.41, 5.74) is 2.41. The summed E-state index contributed by atoms with van der Waals surface area (Å²) in [6, 6.07) is 12.8. The summed E-state index contributed by atoms with van der Waals surface area (Å²) in [7, 11) is 0. The average Bonchev–Trinajstić information content (AvgIpc) is 2.86. The maximum Gasteiger partial charge on any atom is 0.292 e. The minimum Gasteiger partial charge on any atom is -0.376 e. The molecule has 1 heterocycles. The zero-order valence-corrected chi connectivity index (χ0v) is 20.5. The number of hydrogen-bond donors (Lipinski definition) is 1. The van der Waals surface area contributed by atoms with Gasteiger partial charge in [-0.25, -0.2) is 0 Å². The number of nitrogens with zero attached hydrogens (tertiary/aromatic N) is 3. The standard InChI is InChI=1S/C27H31ClN4O3/c28-22-3-1-19(2-4-22)27(33)31-9-7-30(8-10-31)23-5-6-25(32(34)35)24(16-23)29-26-20-12-17-11-18(14-20)15-21(26)13-17/h1-6,16-18,20-21,26,29H,7-15H2. The van der Waals surface area contributed by atoms with Gasteiger partial charge < -0.3 is 15.1 Å². The van der Waals surface area contributed by atoms with Crippen molar-refractivity contribution < 1.29 is 9.72 Å². The van der Waals surface area contributed by atoms with Gasteiger partial charge in [0.15, 0.2) is 0 Å². The van der Waals surface area contributed by atoms with Gasteiger partial charge in [-0.1, -0.05) is 11.6 Å². The van der Waals surface area contributed by atoms with Gasteiger partial charge in [0.1, 0.15) is 5.69 Å². The van der Waals surface area contributed by atoms with E-state index in [1.54, 1.807) is 30.3 Å². The normalized spacial score (nSPS) is 29.3. The Balaban J connectivity index is 1.16. The monoisotopic (exact) mass is 494 g/mol. The summed E-state index contributed by atoms with van der Waals surface area (Å²) in [5.74, 6) is 3.01. The molecule has 1 N–H and O–H groups in total. The molecule has 4 bridgehead atoms. The van der Waals surface area contributed by atoms with Crippen LogP contribution >= 0.6 is 11.6 Å². The zero-order chi connectivity index (χ0) is 24.1. The molecule has 2 aromatic carbocycles. The molecule has 4 aliphatic carbocycles. The molecule has 1 amide bonds. The molecule has 4 saturated carbocycles. The van der Waals surface area contributed by atoms with E-state index in [-0.39, 0.29) is 16.5 Å². The Morgan fingerprint density at radius 2 is 1.54 bits per heavy atom. The minimum absolute atomic E-state index is 0.00857. The number of nitrogens with one attached hydrogen (secondary N) is 1. The van der Waals surface area contributed by atoms with Gasteiger partial charge in [0.05, 0.1) is 4.92 Å². The number of carbonyl (C=O) groups is 1. The molecule has 1 aliphatic heterocycles. The number of carbonyl (C=O) groups excluding carboxylic acids is 1. The van der Waals surface area contributed by atoms with E-state index < -0.39 is 0 Å². The van der Waals surface area contributed by atoms with E-state index in [0.29, 0.717) is 60.3 Å². The van der Waals surface area contributed by atoms with Crippen molar-refractivity contribution in [1.82, 2.24) is 4.90 Å². The quantitative estimate of drug-likeness (QED) is 0.442. The number of nitro groups is 1. The molecule has 2 aromatic rings. The molecule has 5 aliphatic rings. The van der Waals surface area contributed by atoms with Crippen molar-refractivity contribution in [2.24, 2.45) is 23.7 Å². The van der Waals surface area contributed by atoms with E-state index in [1.807, 2.05) is 17.0 Å². The van der Waals surface area contributed by atoms with Crippen molar-refractivity contribution in [3.05, 3.63) is 63.2 Å². The van der Waals surface area contributed by atoms with Crippen LogP contribution in [0.5, 0.6) is 0 Å². The Kier molecular flexibility index (Phi) is 5.83. The lowest BCUT2D eigenvalue weighted by Gasteiger charge is -2.54. The van der Waals surface area contributed by atoms with Crippen molar-refractivity contribution in [2.75, 3.05) is 36.4 Å². The fraction of sp³-hybridized carbons (Fsp3) is 0.519. The van der Waals surface area contributed by atoms with Crippen LogP contribution in [0.2, 0.25) is 5.02 Å². The number of hydrogen-bond acceptors (Lipinski definition) is 5. The van der Waals surface area contributed by atoms with E-state index in [2.05, 4.69) is 10.2 Å². The summed E-state index contributed by atoms with van der Waals surface area (Å²) in [6.45, 7) is 2.59. The number of amides is 1. The average molecular weight is 495 g/mol. The van der Waals surface area contributed by atoms with Gasteiger partial charge in [-0.05, 0) is 92.2 Å². The molecule has 0 aromatic heterocycles. The Morgan fingerprint density at radius 3 is 2.14 bits per heavy atom. The molecule has 0 atom stereocenters. The third kappa shape index (κ3) is 4.35. The summed E-state index contributed by atoms with van der Waals surface area (Å²) in [5, 5.41) is 16.1. The first kappa shape index (κ1) is 22.7. The van der Waals surface area contributed by atoms with Crippen molar-refractivity contribution >= 4 is 34.6 Å². The maximum atomic E-state index is 12.9. The van der Waals surface area contributed by atoms with E-state index in [9.17, 15) is 14.9 Å². The first-order valence-electron chi connectivity index (χ1n) is 12.8. The first-order valence-corrected chi connectivity index (χ1v) is 13.2. The molecule has 7 nitrogen and oxygen atoms in total. The fourth-order valence-corrected chi connectivity index (χ4v) is 7.40. The fourth-order valence-electron chi connectivity index (χ4n) is 7.28. The Labute approximate surface area is 210 Å². The minimum atomic E-state index is -0.273. The molecular formula is C27H31ClN4O3. The van der Waals surface area contributed by atoms with Gasteiger partial charge in [-0.2, -0.15) is 0 Å². The molecule has 0 unspecified atom stereocenters. The smallest absolute Gasteiger partial charge is 0.292 e. The highest BCUT2D eigenvalue weighted by molar-refractivity contribution is 6.30. The molecule has 8 heteroatoms. The van der Waals surface area contributed by atoms with Gasteiger partial charge in [0.2, 0.25) is 0 Å². The topological polar surface area (TPSA) is 78.7 Å². The second-order valence-corrected chi connectivity index (χ2v) is 11.3. The van der Waals surface area contributed by atoms with Gasteiger partial charge in [-0.3, -0.25) is 14.9 Å². The van der Waals surface area contributed by atoms with Crippen molar-refractivity contribution in [2.45, 2.75) is 38.1 Å². The maximum absolute atomic E-state index is 12.9. The predicted molar refractivity (Wildman–Crippen MR) is 137 cm³/mol. The van der Waals surface area contributed by atoms with Crippen LogP contribution < -0.4 is 10.2 Å². The largest absolute Gasteiger partial charge is 0.376 e. The van der Waals surface area contributed by atoms with Crippen LogP contribution in [0, 0.1) is 33.8 Å². The van der Waals surface area contributed by atoms with Gasteiger partial charge >= 0.3 is 0 Å². The summed E-state index contributed by atoms with van der Waals surface area (Å²) < 4.78 is 0. The third-order valence-electron chi connectivity index (χ3n) is 8.75. The Bertz CT molecular complexity index is 1100. The van der Waals surface area contributed by atoms with Crippen molar-refractivity contribution in [1.29, 1.82) is 0 Å². The van der Waals surface area contributed by atoms with Gasteiger partial charge in [0.25, 0.3) is 11.6 Å². The zero-order valence-electron chi connectivity index (χ0n) is 19.7. The molecule has 7 rings (SSSR count). The second-order valence-electron chi connectivity index (χ2n) is 10.8. The number of nitro benzene ring substituents is 1. The summed E-state index contributed by atoms with van der Waals surface area (Å²) >= 11 is 5.95. The number of rotatable bonds is 5. The van der Waals surface area contributed by atoms with Gasteiger partial charge in [0, 0.05) is 54.6 Å². The third-order valence-corrected chi connectivity index (χ3v) is 9.00. The molecule has 5 fully saturated rings. The van der Waals surface area contributed by atoms with E-state index >= 15 is 0 Å². The second kappa shape index (κ2) is 9.01. The molecule has 35 heavy (non-hydrogen) atoms. The van der Waals surface area contributed by atoms with E-state index in [4.69, 9.17) is 11.6 Å². The van der Waals surface area contributed by atoms with Crippen molar-refractivity contribution in [3.8, 4) is 0 Å². The molecule has 0 radical (unpaired) electrons. The predicted octanol–water partition coefficient (Wildman–Crippen LogP) is 5.45. The molecule has 184 valence electrons. The molecule has 1 saturated heterocycles. The summed E-state index contributed by atoms with van der Waals surface area (Å²) in [4.78, 5) is 28.5. The highest BCUT2D eigenvalue weighted by Gasteiger charge is 2.48. The van der Waals surface area contributed by atoms with Gasteiger partial charge in [-0.15, -0.1) is 0 Å². The van der Waals surface area contributed by atoms with E-state index in [0.717, 1.165) is 17.5 Å². The SMILES string of the molecule is O=C(c1ccc(Cl)cc1)N1CCN(c2ccc([N+](=O)[O-])c(NC3C4CC5CC(C4)CC3C5)c2)CC1. The Hall–Kier alpha value is -2.80. The number of piperazine rings is 1. The van der Waals surface area contributed by atoms with Crippen LogP contribution in [0.4, 0.5) is 17.1 Å². The lowest BCUT2D eigenvalue weighted by atomic mass is 9.54. The number of benzene rings is 2. The van der Waals surface area contributed by atoms with E-state index in [1.165, 1.54) is 32.1 Å². The molecular weight excluding hydrogens is 464 g/mol. The van der Waals surface area contributed by atoms with Crippen LogP contribution in [-0.2, 0) is 0 Å². The summed E-state index contributed by atoms with van der Waals surface area (Å²) in [6.07, 6.45) is 6.45. The number of halogens is 1. The van der Waals surface area contributed by atoms with Crippen LogP contribution in [-0.4, -0.2) is 48.0 Å². The lowest BCUT2D eigenvalue weighted by Crippen LogP contribution is -2.51. The highest BCUT2D eigenvalue weighted by Crippen LogP contribution is 2.54. The molecule has 0 spiro atoms. The van der Waals surface area contributed by atoms with Crippen LogP contribution in [0.3, 0.4) is 0 Å². The van der Waals surface area contributed by atoms with Crippen molar-refractivity contribution in [3.63, 3.8) is 0 Å². The number of anilines is 2. The first-order chi connectivity index (χ1) is 16.9. The Morgan fingerprint density at radius 1 is 0.914 bits per heavy atom. The van der Waals surface area contributed by atoms with Crippen LogP contribution in [0.15, 0.2) is 42.5 Å².